The molecule has 1 aliphatic carbocycles. The van der Waals surface area contributed by atoms with Gasteiger partial charge in [0.1, 0.15) is 0 Å². The van der Waals surface area contributed by atoms with Crippen molar-refractivity contribution in [2.45, 2.75) is 40.0 Å². The molecule has 0 bridgehead atoms. The summed E-state index contributed by atoms with van der Waals surface area (Å²) < 4.78 is 0. The number of benzene rings is 2. The van der Waals surface area contributed by atoms with Gasteiger partial charge >= 0.3 is 0 Å². The van der Waals surface area contributed by atoms with E-state index in [1.54, 1.807) is 0 Å². The standard InChI is InChI=1S/C22H24/c1-5-17(4)19-8-6-7-9-21(19)22-11-10-20(22)18-13-15(2)12-16(3)14-18/h6-14,17H,5H2,1-4H3. The van der Waals surface area contributed by atoms with E-state index in [4.69, 9.17) is 0 Å². The first kappa shape index (κ1) is 14.8. The molecule has 0 saturated carbocycles. The number of aryl methyl sites for hydroxylation is 2. The van der Waals surface area contributed by atoms with Gasteiger partial charge in [0.05, 0.1) is 0 Å². The molecule has 112 valence electrons. The van der Waals surface area contributed by atoms with Crippen molar-refractivity contribution in [2.75, 3.05) is 0 Å². The Morgan fingerprint density at radius 1 is 0.864 bits per heavy atom. The maximum absolute atomic E-state index is 2.32. The van der Waals surface area contributed by atoms with E-state index in [0.29, 0.717) is 5.92 Å². The van der Waals surface area contributed by atoms with Crippen LogP contribution in [0.5, 0.6) is 0 Å². The lowest BCUT2D eigenvalue weighted by Gasteiger charge is -2.22. The first-order chi connectivity index (χ1) is 10.6. The molecule has 1 unspecified atom stereocenters. The van der Waals surface area contributed by atoms with E-state index in [9.17, 15) is 0 Å². The van der Waals surface area contributed by atoms with Crippen molar-refractivity contribution < 1.29 is 0 Å². The van der Waals surface area contributed by atoms with Gasteiger partial charge in [-0.05, 0) is 54.0 Å². The molecule has 0 radical (unpaired) electrons. The van der Waals surface area contributed by atoms with Crippen LogP contribution in [0.15, 0.2) is 54.6 Å². The quantitative estimate of drug-likeness (QED) is 0.619. The summed E-state index contributed by atoms with van der Waals surface area (Å²) in [6.07, 6.45) is 5.68. The molecule has 0 aliphatic heterocycles. The lowest BCUT2D eigenvalue weighted by molar-refractivity contribution is 0.731. The lowest BCUT2D eigenvalue weighted by atomic mass is 9.81. The van der Waals surface area contributed by atoms with Crippen LogP contribution < -0.4 is 0 Å². The highest BCUT2D eigenvalue weighted by Gasteiger charge is 2.18. The van der Waals surface area contributed by atoms with Crippen molar-refractivity contribution in [1.29, 1.82) is 0 Å². The Bertz CT molecular complexity index is 739. The number of rotatable bonds is 4. The van der Waals surface area contributed by atoms with Crippen molar-refractivity contribution in [2.24, 2.45) is 0 Å². The molecule has 0 heterocycles. The lowest BCUT2D eigenvalue weighted by Crippen LogP contribution is -2.02. The largest absolute Gasteiger partial charge is 0.0648 e. The second-order valence-electron chi connectivity index (χ2n) is 6.43. The van der Waals surface area contributed by atoms with Gasteiger partial charge < -0.3 is 0 Å². The zero-order chi connectivity index (χ0) is 15.7. The molecular weight excluding hydrogens is 264 g/mol. The zero-order valence-corrected chi connectivity index (χ0v) is 14.0. The predicted molar refractivity (Wildman–Crippen MR) is 97.0 cm³/mol. The summed E-state index contributed by atoms with van der Waals surface area (Å²) in [4.78, 5) is 0. The third kappa shape index (κ3) is 2.66. The average molecular weight is 288 g/mol. The molecule has 0 fully saturated rings. The van der Waals surface area contributed by atoms with Gasteiger partial charge in [0, 0.05) is 0 Å². The smallest absolute Gasteiger partial charge is 0.0102 e. The van der Waals surface area contributed by atoms with Crippen LogP contribution in [0.3, 0.4) is 0 Å². The summed E-state index contributed by atoms with van der Waals surface area (Å²) in [6, 6.07) is 15.7. The fraction of sp³-hybridized carbons (Fsp3) is 0.273. The van der Waals surface area contributed by atoms with Gasteiger partial charge in [-0.2, -0.15) is 0 Å². The molecule has 0 nitrogen and oxygen atoms in total. The minimum atomic E-state index is 0.596. The van der Waals surface area contributed by atoms with E-state index in [-0.39, 0.29) is 0 Å². The third-order valence-corrected chi connectivity index (χ3v) is 4.63. The van der Waals surface area contributed by atoms with Gasteiger partial charge in [0.25, 0.3) is 0 Å². The highest BCUT2D eigenvalue weighted by Crippen LogP contribution is 2.39. The molecule has 0 amide bonds. The summed E-state index contributed by atoms with van der Waals surface area (Å²) in [7, 11) is 0. The normalized spacial score (nSPS) is 14.9. The SMILES string of the molecule is CCC(C)c1ccccc1C1=C(c2cc(C)cc(C)c2)C=C1. The molecule has 0 N–H and O–H groups in total. The summed E-state index contributed by atoms with van der Waals surface area (Å²) >= 11 is 0. The Hall–Kier alpha value is -2.08. The van der Waals surface area contributed by atoms with Crippen molar-refractivity contribution >= 4 is 11.1 Å². The molecule has 2 aromatic rings. The Kier molecular flexibility index (Phi) is 4.02. The molecule has 0 heteroatoms. The number of allylic oxidation sites excluding steroid dienone is 4. The number of hydrogen-bond acceptors (Lipinski definition) is 0. The first-order valence-electron chi connectivity index (χ1n) is 8.20. The van der Waals surface area contributed by atoms with E-state index < -0.39 is 0 Å². The van der Waals surface area contributed by atoms with Gasteiger partial charge in [-0.3, -0.25) is 0 Å². The van der Waals surface area contributed by atoms with Crippen LogP contribution in [0.1, 0.15) is 54.0 Å². The second kappa shape index (κ2) is 5.96. The van der Waals surface area contributed by atoms with Crippen LogP contribution in [-0.2, 0) is 0 Å². The monoisotopic (exact) mass is 288 g/mol. The highest BCUT2D eigenvalue weighted by molar-refractivity contribution is 6.07. The maximum Gasteiger partial charge on any atom is -0.0102 e. The van der Waals surface area contributed by atoms with E-state index in [1.165, 1.54) is 45.4 Å². The Morgan fingerprint density at radius 2 is 1.50 bits per heavy atom. The molecule has 0 spiro atoms. The predicted octanol–water partition coefficient (Wildman–Crippen LogP) is 6.30. The Morgan fingerprint density at radius 3 is 2.09 bits per heavy atom. The van der Waals surface area contributed by atoms with E-state index in [0.717, 1.165) is 0 Å². The van der Waals surface area contributed by atoms with Gasteiger partial charge in [-0.15, -0.1) is 0 Å². The minimum absolute atomic E-state index is 0.596. The van der Waals surface area contributed by atoms with Crippen LogP contribution in [0.4, 0.5) is 0 Å². The van der Waals surface area contributed by atoms with Crippen molar-refractivity contribution in [3.8, 4) is 0 Å². The molecule has 22 heavy (non-hydrogen) atoms. The van der Waals surface area contributed by atoms with Crippen LogP contribution in [0, 0.1) is 13.8 Å². The first-order valence-corrected chi connectivity index (χ1v) is 8.20. The van der Waals surface area contributed by atoms with Crippen molar-refractivity contribution in [3.05, 3.63) is 82.4 Å². The van der Waals surface area contributed by atoms with Crippen LogP contribution in [-0.4, -0.2) is 0 Å². The average Bonchev–Trinajstić information content (AvgIpc) is 2.45. The highest BCUT2D eigenvalue weighted by atomic mass is 14.2. The van der Waals surface area contributed by atoms with E-state index >= 15 is 0 Å². The second-order valence-corrected chi connectivity index (χ2v) is 6.43. The fourth-order valence-corrected chi connectivity index (χ4v) is 3.26. The minimum Gasteiger partial charge on any atom is -0.0648 e. The summed E-state index contributed by atoms with van der Waals surface area (Å²) in [5.41, 5.74) is 9.63. The van der Waals surface area contributed by atoms with Crippen LogP contribution in [0.2, 0.25) is 0 Å². The molecular formula is C22H24. The van der Waals surface area contributed by atoms with E-state index in [1.807, 2.05) is 0 Å². The van der Waals surface area contributed by atoms with Crippen LogP contribution >= 0.6 is 0 Å². The van der Waals surface area contributed by atoms with Crippen molar-refractivity contribution in [3.63, 3.8) is 0 Å². The molecule has 3 rings (SSSR count). The molecule has 0 saturated heterocycles. The molecule has 1 atom stereocenters. The Balaban J connectivity index is 2.09. The topological polar surface area (TPSA) is 0 Å². The van der Waals surface area contributed by atoms with Gasteiger partial charge in [-0.1, -0.05) is 79.6 Å². The summed E-state index contributed by atoms with van der Waals surface area (Å²) in [6.45, 7) is 8.92. The molecule has 0 aromatic heterocycles. The number of hydrogen-bond donors (Lipinski definition) is 0. The molecule has 2 aromatic carbocycles. The molecule has 1 aliphatic rings. The van der Waals surface area contributed by atoms with Gasteiger partial charge in [0.15, 0.2) is 0 Å². The zero-order valence-electron chi connectivity index (χ0n) is 14.0. The summed E-state index contributed by atoms with van der Waals surface area (Å²) in [5.74, 6) is 0.596. The van der Waals surface area contributed by atoms with Gasteiger partial charge in [0.2, 0.25) is 0 Å². The fourth-order valence-electron chi connectivity index (χ4n) is 3.26. The van der Waals surface area contributed by atoms with Crippen LogP contribution in [0.25, 0.3) is 11.1 Å². The van der Waals surface area contributed by atoms with Gasteiger partial charge in [-0.25, -0.2) is 0 Å². The summed E-state index contributed by atoms with van der Waals surface area (Å²) in [5, 5.41) is 0. The maximum atomic E-state index is 2.32. The Labute approximate surface area is 134 Å². The van der Waals surface area contributed by atoms with E-state index in [2.05, 4.69) is 82.3 Å². The third-order valence-electron chi connectivity index (χ3n) is 4.63. The van der Waals surface area contributed by atoms with Crippen molar-refractivity contribution in [1.82, 2.24) is 0 Å².